The molecular formula is C18H16F5N3O3S. The molecule has 30 heavy (non-hydrogen) atoms. The van der Waals surface area contributed by atoms with Gasteiger partial charge in [0.05, 0.1) is 24.1 Å². The summed E-state index contributed by atoms with van der Waals surface area (Å²) in [6.45, 7) is 1.92. The van der Waals surface area contributed by atoms with Crippen LogP contribution in [-0.4, -0.2) is 33.5 Å². The van der Waals surface area contributed by atoms with Gasteiger partial charge in [0, 0.05) is 13.1 Å². The molecule has 162 valence electrons. The lowest BCUT2D eigenvalue weighted by atomic mass is 10.2. The zero-order valence-corrected chi connectivity index (χ0v) is 16.6. The first-order valence-corrected chi connectivity index (χ1v) is 9.27. The van der Waals surface area contributed by atoms with Gasteiger partial charge in [0.25, 0.3) is 5.92 Å². The molecule has 12 heteroatoms. The van der Waals surface area contributed by atoms with Crippen LogP contribution in [0, 0.1) is 0 Å². The van der Waals surface area contributed by atoms with Gasteiger partial charge in [-0.2, -0.15) is 13.2 Å². The lowest BCUT2D eigenvalue weighted by molar-refractivity contribution is -0.137. The molecule has 0 N–H and O–H groups in total. The third kappa shape index (κ3) is 5.30. The Kier molecular flexibility index (Phi) is 6.36. The Bertz CT molecular complexity index is 1000. The maximum absolute atomic E-state index is 13.1. The van der Waals surface area contributed by atoms with Crippen LogP contribution < -0.4 is 8.92 Å². The molecule has 0 bridgehead atoms. The van der Waals surface area contributed by atoms with Gasteiger partial charge in [0.2, 0.25) is 18.2 Å². The van der Waals surface area contributed by atoms with Crippen LogP contribution in [0.3, 0.4) is 0 Å². The minimum absolute atomic E-state index is 0.0317. The van der Waals surface area contributed by atoms with E-state index in [1.807, 2.05) is 0 Å². The molecule has 0 fully saturated rings. The van der Waals surface area contributed by atoms with Crippen LogP contribution in [0.4, 0.5) is 22.0 Å². The Morgan fingerprint density at radius 1 is 1.10 bits per heavy atom. The maximum Gasteiger partial charge on any atom is 0.417 e. The summed E-state index contributed by atoms with van der Waals surface area (Å²) in [4.78, 5) is 8.39. The van der Waals surface area contributed by atoms with Crippen molar-refractivity contribution in [2.24, 2.45) is 0 Å². The van der Waals surface area contributed by atoms with E-state index in [1.54, 1.807) is 6.92 Å². The van der Waals surface area contributed by atoms with Crippen LogP contribution in [0.25, 0.3) is 17.0 Å². The first-order chi connectivity index (χ1) is 14.1. The quantitative estimate of drug-likeness (QED) is 0.260. The molecule has 3 aromatic rings. The number of nitrogens with zero attached hydrogens (tertiary/aromatic N) is 3. The van der Waals surface area contributed by atoms with Crippen molar-refractivity contribution < 1.29 is 35.1 Å². The molecule has 0 aliphatic rings. The van der Waals surface area contributed by atoms with Crippen molar-refractivity contribution >= 4 is 18.0 Å². The van der Waals surface area contributed by atoms with Crippen molar-refractivity contribution in [1.29, 1.82) is 0 Å². The molecule has 0 saturated heterocycles. The van der Waals surface area contributed by atoms with Gasteiger partial charge >= 0.3 is 6.18 Å². The molecule has 0 radical (unpaired) electrons. The summed E-state index contributed by atoms with van der Waals surface area (Å²) in [5.41, 5.74) is -0.302. The van der Waals surface area contributed by atoms with Crippen LogP contribution in [0.5, 0.6) is 11.6 Å². The van der Waals surface area contributed by atoms with E-state index >= 15 is 0 Å². The highest BCUT2D eigenvalue weighted by Gasteiger charge is 2.32. The van der Waals surface area contributed by atoms with Gasteiger partial charge in [-0.3, -0.25) is 13.6 Å². The van der Waals surface area contributed by atoms with E-state index < -0.39 is 24.3 Å². The molecule has 0 unspecified atom stereocenters. The first-order valence-electron chi connectivity index (χ1n) is 8.61. The lowest BCUT2D eigenvalue weighted by Gasteiger charge is -2.11. The number of hydrogen-bond acceptors (Lipinski definition) is 6. The average Bonchev–Trinajstić information content (AvgIpc) is 3.04. The summed E-state index contributed by atoms with van der Waals surface area (Å²) in [6.07, 6.45) is -2.48. The van der Waals surface area contributed by atoms with Gasteiger partial charge in [-0.05, 0) is 31.2 Å². The Labute approximate surface area is 172 Å². The number of alkyl halides is 5. The lowest BCUT2D eigenvalue weighted by Crippen LogP contribution is -2.20. The number of imidazole rings is 1. The number of ether oxygens (including phenoxy) is 1. The van der Waals surface area contributed by atoms with Crippen molar-refractivity contribution in [3.63, 3.8) is 0 Å². The molecule has 0 saturated carbocycles. The first kappa shape index (κ1) is 22.1. The molecule has 3 heterocycles. The molecule has 0 atom stereocenters. The van der Waals surface area contributed by atoms with Gasteiger partial charge in [0.1, 0.15) is 11.4 Å². The maximum atomic E-state index is 13.1. The topological polar surface area (TPSA) is 57.9 Å². The standard InChI is InChI=1S/C18H16F5N3O3S/c1-3-28-30-29-16-15(13-6-5-12(8-24-13)27-10-17(2,19)20)25-14-7-4-11(9-26(14)16)18(21,22)23/h4-9H,3,10H2,1-2H3. The van der Waals surface area contributed by atoms with E-state index in [9.17, 15) is 22.0 Å². The van der Waals surface area contributed by atoms with Gasteiger partial charge in [-0.15, -0.1) is 0 Å². The van der Waals surface area contributed by atoms with Crippen LogP contribution in [0.2, 0.25) is 0 Å². The fourth-order valence-electron chi connectivity index (χ4n) is 2.36. The number of fused-ring (bicyclic) bond motifs is 1. The van der Waals surface area contributed by atoms with Crippen molar-refractivity contribution in [3.8, 4) is 23.0 Å². The minimum Gasteiger partial charge on any atom is -0.486 e. The zero-order valence-electron chi connectivity index (χ0n) is 15.7. The molecule has 6 nitrogen and oxygen atoms in total. The van der Waals surface area contributed by atoms with Crippen molar-refractivity contribution in [1.82, 2.24) is 14.4 Å². The summed E-state index contributed by atoms with van der Waals surface area (Å²) in [7, 11) is 0. The average molecular weight is 449 g/mol. The fraction of sp³-hybridized carbons (Fsp3) is 0.333. The molecule has 3 rings (SSSR count). The monoisotopic (exact) mass is 449 g/mol. The van der Waals surface area contributed by atoms with Crippen LogP contribution in [-0.2, 0) is 10.4 Å². The third-order valence-electron chi connectivity index (χ3n) is 3.65. The SMILES string of the molecule is CCOSOc1c(-c2ccc(OCC(C)(F)F)cn2)nc2ccc(C(F)(F)F)cn12. The van der Waals surface area contributed by atoms with E-state index in [0.29, 0.717) is 18.9 Å². The molecule has 0 aromatic carbocycles. The molecular weight excluding hydrogens is 433 g/mol. The second-order valence-electron chi connectivity index (χ2n) is 6.21. The van der Waals surface area contributed by atoms with E-state index in [-0.39, 0.29) is 28.7 Å². The van der Waals surface area contributed by atoms with Crippen LogP contribution in [0.1, 0.15) is 19.4 Å². The number of hydrogen-bond donors (Lipinski definition) is 0. The summed E-state index contributed by atoms with van der Waals surface area (Å²) in [5.74, 6) is -2.93. The fourth-order valence-corrected chi connectivity index (χ4v) is 2.73. The molecule has 0 amide bonds. The van der Waals surface area contributed by atoms with Crippen molar-refractivity contribution in [3.05, 3.63) is 42.2 Å². The smallest absolute Gasteiger partial charge is 0.417 e. The predicted molar refractivity (Wildman–Crippen MR) is 99.4 cm³/mol. The Morgan fingerprint density at radius 3 is 2.47 bits per heavy atom. The molecule has 0 aliphatic carbocycles. The Hall–Kier alpha value is -2.60. The summed E-state index contributed by atoms with van der Waals surface area (Å²) >= 11 is 0.584. The summed E-state index contributed by atoms with van der Waals surface area (Å²) in [6, 6.07) is 4.94. The molecule has 0 aliphatic heterocycles. The Morgan fingerprint density at radius 2 is 1.87 bits per heavy atom. The number of halogens is 5. The highest BCUT2D eigenvalue weighted by atomic mass is 32.2. The van der Waals surface area contributed by atoms with E-state index in [4.69, 9.17) is 13.1 Å². The van der Waals surface area contributed by atoms with E-state index in [2.05, 4.69) is 9.97 Å². The zero-order chi connectivity index (χ0) is 21.9. The van der Waals surface area contributed by atoms with Crippen LogP contribution >= 0.6 is 12.3 Å². The molecule has 0 spiro atoms. The number of aromatic nitrogens is 3. The van der Waals surface area contributed by atoms with Gasteiger partial charge < -0.3 is 8.92 Å². The van der Waals surface area contributed by atoms with E-state index in [1.165, 1.54) is 24.4 Å². The van der Waals surface area contributed by atoms with Gasteiger partial charge in [-0.25, -0.2) is 13.8 Å². The highest BCUT2D eigenvalue weighted by molar-refractivity contribution is 7.90. The number of pyridine rings is 2. The largest absolute Gasteiger partial charge is 0.486 e. The summed E-state index contributed by atoms with van der Waals surface area (Å²) in [5, 5.41) is 0. The third-order valence-corrected chi connectivity index (χ3v) is 4.21. The second kappa shape index (κ2) is 8.64. The van der Waals surface area contributed by atoms with Crippen molar-refractivity contribution in [2.75, 3.05) is 13.2 Å². The molecule has 3 aromatic heterocycles. The second-order valence-corrected chi connectivity index (χ2v) is 6.74. The van der Waals surface area contributed by atoms with Crippen molar-refractivity contribution in [2.45, 2.75) is 25.9 Å². The van der Waals surface area contributed by atoms with E-state index in [0.717, 1.165) is 23.6 Å². The normalized spacial score (nSPS) is 12.4. The van der Waals surface area contributed by atoms with Gasteiger partial charge in [0.15, 0.2) is 12.3 Å². The predicted octanol–water partition coefficient (Wildman–Crippen LogP) is 5.43. The Balaban J connectivity index is 1.98. The number of rotatable bonds is 8. The highest BCUT2D eigenvalue weighted by Crippen LogP contribution is 2.35. The summed E-state index contributed by atoms with van der Waals surface area (Å²) < 4.78 is 81.7. The minimum atomic E-state index is -4.55. The van der Waals surface area contributed by atoms with Crippen LogP contribution in [0.15, 0.2) is 36.7 Å². The van der Waals surface area contributed by atoms with Gasteiger partial charge in [-0.1, -0.05) is 0 Å².